The summed E-state index contributed by atoms with van der Waals surface area (Å²) in [6.45, 7) is -0.756. The third-order valence-electron chi connectivity index (χ3n) is 1.38. The van der Waals surface area contributed by atoms with E-state index in [2.05, 4.69) is 33.6 Å². The van der Waals surface area contributed by atoms with Gasteiger partial charge in [0.1, 0.15) is 0 Å². The molecule has 0 spiro atoms. The number of aryl methyl sites for hydroxylation is 1. The molecule has 0 fully saturated rings. The van der Waals surface area contributed by atoms with Crippen molar-refractivity contribution in [3.05, 3.63) is 11.8 Å². The summed E-state index contributed by atoms with van der Waals surface area (Å²) in [4.78, 5) is 53.5. The van der Waals surface area contributed by atoms with Gasteiger partial charge in [-0.2, -0.15) is 4.98 Å². The van der Waals surface area contributed by atoms with Crippen molar-refractivity contribution in [1.29, 1.82) is 0 Å². The van der Waals surface area contributed by atoms with Gasteiger partial charge >= 0.3 is 19.4 Å². The average molecular weight is 442 g/mol. The summed E-state index contributed by atoms with van der Waals surface area (Å²) in [6, 6.07) is 2.16. The highest BCUT2D eigenvalue weighted by Gasteiger charge is 2.02. The minimum atomic E-state index is -3.81. The predicted octanol–water partition coefficient (Wildman–Crippen LogP) is 1.23. The second-order valence-corrected chi connectivity index (χ2v) is 8.52. The molecule has 0 aromatic carbocycles. The van der Waals surface area contributed by atoms with Crippen molar-refractivity contribution in [1.82, 2.24) is 9.97 Å². The second kappa shape index (κ2) is 16.0. The third-order valence-corrected chi connectivity index (χ3v) is 1.38. The Labute approximate surface area is 158 Å². The SMILES string of the molecule is C.C.CCOc1cc(C)nc(OCC)n1.OP(O)(O)=S.OP(O)(O)=S. The molecule has 1 rings (SSSR count). The third kappa shape index (κ3) is 35.7. The first-order valence-corrected chi connectivity index (χ1v) is 11.3. The second-order valence-electron chi connectivity index (χ2n) is 3.52. The Morgan fingerprint density at radius 1 is 0.880 bits per heavy atom. The molecule has 1 aromatic heterocycles. The number of rotatable bonds is 4. The molecular formula is C11H28N2O8P2S2. The van der Waals surface area contributed by atoms with Crippen molar-refractivity contribution in [2.75, 3.05) is 13.2 Å². The van der Waals surface area contributed by atoms with Gasteiger partial charge in [0.2, 0.25) is 5.88 Å². The van der Waals surface area contributed by atoms with E-state index in [1.165, 1.54) is 0 Å². The Kier molecular flexibility index (Phi) is 20.7. The normalized spacial score (nSPS) is 9.80. The van der Waals surface area contributed by atoms with Crippen molar-refractivity contribution in [2.45, 2.75) is 35.6 Å². The molecule has 0 aliphatic carbocycles. The standard InChI is InChI=1S/C9H14N2O2.2CH4.2H3O3PS/c1-4-12-8-6-7(3)10-9(11-8)13-5-2;;;2*1-4(2,3)5/h6H,4-5H2,1-3H3;2*1H4;2*(H3,1,2,3,5). The molecule has 1 aromatic rings. The van der Waals surface area contributed by atoms with Crippen LogP contribution in [0.1, 0.15) is 34.4 Å². The lowest BCUT2D eigenvalue weighted by Gasteiger charge is -2.05. The highest BCUT2D eigenvalue weighted by molar-refractivity contribution is 8.06. The van der Waals surface area contributed by atoms with E-state index in [9.17, 15) is 0 Å². The van der Waals surface area contributed by atoms with E-state index >= 15 is 0 Å². The smallest absolute Gasteiger partial charge is 0.319 e. The lowest BCUT2D eigenvalue weighted by atomic mass is 10.4. The number of hydrogen-bond donors (Lipinski definition) is 6. The highest BCUT2D eigenvalue weighted by atomic mass is 32.5. The first kappa shape index (κ1) is 32.4. The van der Waals surface area contributed by atoms with Crippen molar-refractivity contribution >= 4 is 37.1 Å². The zero-order valence-corrected chi connectivity index (χ0v) is 16.0. The van der Waals surface area contributed by atoms with Crippen molar-refractivity contribution < 1.29 is 38.8 Å². The molecule has 6 N–H and O–H groups in total. The van der Waals surface area contributed by atoms with E-state index in [1.54, 1.807) is 6.07 Å². The summed E-state index contributed by atoms with van der Waals surface area (Å²) in [5.41, 5.74) is 0.849. The van der Waals surface area contributed by atoms with Crippen molar-refractivity contribution in [2.24, 2.45) is 0 Å². The average Bonchev–Trinajstić information content (AvgIpc) is 2.24. The Bertz CT molecular complexity index is 492. The molecule has 0 saturated heterocycles. The van der Waals surface area contributed by atoms with E-state index in [-0.39, 0.29) is 14.9 Å². The molecule has 0 bridgehead atoms. The molecule has 1 heterocycles. The van der Waals surface area contributed by atoms with Crippen molar-refractivity contribution in [3.8, 4) is 11.9 Å². The van der Waals surface area contributed by atoms with Crippen LogP contribution in [0.4, 0.5) is 0 Å². The Morgan fingerprint density at radius 3 is 1.56 bits per heavy atom. The highest BCUT2D eigenvalue weighted by Crippen LogP contribution is 2.27. The summed E-state index contributed by atoms with van der Waals surface area (Å²) in [6.07, 6.45) is 0. The van der Waals surface area contributed by atoms with Crippen LogP contribution in [-0.4, -0.2) is 52.5 Å². The van der Waals surface area contributed by atoms with Gasteiger partial charge in [0.25, 0.3) is 0 Å². The van der Waals surface area contributed by atoms with Gasteiger partial charge < -0.3 is 38.8 Å². The fraction of sp³-hybridized carbons (Fsp3) is 0.636. The van der Waals surface area contributed by atoms with E-state index in [0.29, 0.717) is 25.1 Å². The van der Waals surface area contributed by atoms with Gasteiger partial charge in [0.15, 0.2) is 0 Å². The molecule has 0 saturated carbocycles. The zero-order valence-electron chi connectivity index (χ0n) is 12.6. The van der Waals surface area contributed by atoms with Crippen LogP contribution in [0.15, 0.2) is 6.07 Å². The Morgan fingerprint density at radius 2 is 1.24 bits per heavy atom. The minimum absolute atomic E-state index is 0. The first-order chi connectivity index (χ1) is 10.3. The zero-order chi connectivity index (χ0) is 18.7. The van der Waals surface area contributed by atoms with Crippen LogP contribution in [0, 0.1) is 6.92 Å². The number of hydrogen-bond acceptors (Lipinski definition) is 6. The lowest BCUT2D eigenvalue weighted by Crippen LogP contribution is -2.02. The van der Waals surface area contributed by atoms with Crippen LogP contribution < -0.4 is 9.47 Å². The van der Waals surface area contributed by atoms with Gasteiger partial charge in [-0.05, 0) is 44.4 Å². The molecule has 0 aliphatic rings. The van der Waals surface area contributed by atoms with Crippen LogP contribution >= 0.6 is 13.4 Å². The molecule has 0 unspecified atom stereocenters. The lowest BCUT2D eigenvalue weighted by molar-refractivity contribution is 0.288. The number of aromatic nitrogens is 2. The molecular weight excluding hydrogens is 414 g/mol. The maximum Gasteiger partial charge on any atom is 0.319 e. The largest absolute Gasteiger partial charge is 0.478 e. The van der Waals surface area contributed by atoms with E-state index in [1.807, 2.05) is 20.8 Å². The topological polar surface area (TPSA) is 166 Å². The van der Waals surface area contributed by atoms with Gasteiger partial charge in [0.05, 0.1) is 13.2 Å². The van der Waals surface area contributed by atoms with Gasteiger partial charge in [-0.3, -0.25) is 0 Å². The molecule has 0 atom stereocenters. The summed E-state index contributed by atoms with van der Waals surface area (Å²) in [5.74, 6) is 0.568. The maximum absolute atomic E-state index is 7.56. The van der Waals surface area contributed by atoms with Crippen LogP contribution in [0.3, 0.4) is 0 Å². The van der Waals surface area contributed by atoms with Crippen molar-refractivity contribution in [3.63, 3.8) is 0 Å². The minimum Gasteiger partial charge on any atom is -0.478 e. The Hall–Kier alpha value is -0.260. The quantitative estimate of drug-likeness (QED) is 0.370. The molecule has 10 nitrogen and oxygen atoms in total. The molecule has 152 valence electrons. The van der Waals surface area contributed by atoms with Crippen LogP contribution in [0.2, 0.25) is 0 Å². The maximum atomic E-state index is 7.56. The number of ether oxygens (including phenoxy) is 2. The summed E-state index contributed by atoms with van der Waals surface area (Å²) < 4.78 is 10.4. The molecule has 25 heavy (non-hydrogen) atoms. The van der Waals surface area contributed by atoms with Crippen LogP contribution in [-0.2, 0) is 23.6 Å². The molecule has 0 radical (unpaired) electrons. The fourth-order valence-electron chi connectivity index (χ4n) is 0.929. The summed E-state index contributed by atoms with van der Waals surface area (Å²) in [5, 5.41) is 0. The van der Waals surface area contributed by atoms with Crippen LogP contribution in [0.25, 0.3) is 0 Å². The molecule has 0 aliphatic heterocycles. The van der Waals surface area contributed by atoms with Gasteiger partial charge in [-0.25, -0.2) is 4.98 Å². The number of nitrogens with zero attached hydrogens (tertiary/aromatic N) is 2. The predicted molar refractivity (Wildman–Crippen MR) is 104 cm³/mol. The van der Waals surface area contributed by atoms with Gasteiger partial charge in [0, 0.05) is 11.8 Å². The van der Waals surface area contributed by atoms with E-state index in [0.717, 1.165) is 5.69 Å². The first-order valence-electron chi connectivity index (χ1n) is 5.94. The Balaban J connectivity index is -0.000000156. The van der Waals surface area contributed by atoms with E-state index in [4.69, 9.17) is 38.8 Å². The van der Waals surface area contributed by atoms with Gasteiger partial charge in [-0.15, -0.1) is 0 Å². The monoisotopic (exact) mass is 442 g/mol. The summed E-state index contributed by atoms with van der Waals surface area (Å²) >= 11 is 7.21. The molecule has 14 heteroatoms. The molecule has 0 amide bonds. The van der Waals surface area contributed by atoms with E-state index < -0.39 is 13.4 Å². The summed E-state index contributed by atoms with van der Waals surface area (Å²) in [7, 11) is 0. The van der Waals surface area contributed by atoms with Crippen LogP contribution in [0.5, 0.6) is 11.9 Å². The van der Waals surface area contributed by atoms with Gasteiger partial charge in [-0.1, -0.05) is 14.9 Å². The fourth-order valence-corrected chi connectivity index (χ4v) is 0.929.